The van der Waals surface area contributed by atoms with Gasteiger partial charge in [-0.25, -0.2) is 4.79 Å². The minimum atomic E-state index is -0.601. The summed E-state index contributed by atoms with van der Waals surface area (Å²) in [4.78, 5) is 14.6. The second-order valence-corrected chi connectivity index (χ2v) is 4.33. The summed E-state index contributed by atoms with van der Waals surface area (Å²) in [6, 6.07) is 4.70. The van der Waals surface area contributed by atoms with E-state index >= 15 is 0 Å². The Morgan fingerprint density at radius 1 is 1.52 bits per heavy atom. The lowest BCUT2D eigenvalue weighted by Crippen LogP contribution is -2.30. The number of carbonyl (C=O) groups excluding carboxylic acids is 1. The standard InChI is InChI=1S/C13H16N4O4/c1-19-13(18)12(15-5-2-6-16-17-14)9-3-4-10-11(7-9)21-8-20-10/h3-4,7,12,15H,2,5-6,8H2,1H3. The van der Waals surface area contributed by atoms with Crippen LogP contribution in [0.2, 0.25) is 0 Å². The first kappa shape index (κ1) is 15.0. The number of carbonyl (C=O) groups is 1. The second kappa shape index (κ2) is 7.37. The topological polar surface area (TPSA) is 106 Å². The van der Waals surface area contributed by atoms with Gasteiger partial charge in [0.1, 0.15) is 6.04 Å². The van der Waals surface area contributed by atoms with Crippen molar-refractivity contribution in [3.8, 4) is 11.5 Å². The first-order valence-corrected chi connectivity index (χ1v) is 6.48. The van der Waals surface area contributed by atoms with Gasteiger partial charge in [0.15, 0.2) is 11.5 Å². The quantitative estimate of drug-likeness (QED) is 0.272. The number of methoxy groups -OCH3 is 1. The normalized spacial score (nSPS) is 13.4. The summed E-state index contributed by atoms with van der Waals surface area (Å²) < 4.78 is 15.4. The van der Waals surface area contributed by atoms with E-state index in [0.29, 0.717) is 31.0 Å². The molecule has 0 radical (unpaired) electrons. The highest BCUT2D eigenvalue weighted by atomic mass is 16.7. The molecule has 0 aliphatic carbocycles. The number of hydrogen-bond donors (Lipinski definition) is 1. The minimum absolute atomic E-state index is 0.182. The molecule has 8 heteroatoms. The summed E-state index contributed by atoms with van der Waals surface area (Å²) in [5.74, 6) is 0.876. The van der Waals surface area contributed by atoms with Crippen molar-refractivity contribution in [2.24, 2.45) is 5.11 Å². The molecule has 1 heterocycles. The van der Waals surface area contributed by atoms with Crippen LogP contribution in [0, 0.1) is 0 Å². The maximum atomic E-state index is 11.9. The van der Waals surface area contributed by atoms with Crippen LogP contribution in [-0.2, 0) is 9.53 Å². The largest absolute Gasteiger partial charge is 0.468 e. The van der Waals surface area contributed by atoms with Gasteiger partial charge in [-0.1, -0.05) is 11.2 Å². The highest BCUT2D eigenvalue weighted by Crippen LogP contribution is 2.34. The lowest BCUT2D eigenvalue weighted by molar-refractivity contribution is -0.143. The molecule has 1 aromatic rings. The maximum absolute atomic E-state index is 11.9. The lowest BCUT2D eigenvalue weighted by atomic mass is 10.1. The molecule has 1 N–H and O–H groups in total. The molecule has 1 aliphatic rings. The molecule has 8 nitrogen and oxygen atoms in total. The number of esters is 1. The Balaban J connectivity index is 2.05. The zero-order valence-corrected chi connectivity index (χ0v) is 11.6. The van der Waals surface area contributed by atoms with Gasteiger partial charge in [0.05, 0.1) is 7.11 Å². The van der Waals surface area contributed by atoms with Crippen LogP contribution in [0.5, 0.6) is 11.5 Å². The van der Waals surface area contributed by atoms with Crippen LogP contribution in [0.4, 0.5) is 0 Å². The molecule has 1 aliphatic heterocycles. The number of hydrogen-bond acceptors (Lipinski definition) is 6. The molecule has 0 bridgehead atoms. The number of ether oxygens (including phenoxy) is 3. The van der Waals surface area contributed by atoms with Crippen LogP contribution in [0.25, 0.3) is 10.4 Å². The van der Waals surface area contributed by atoms with Gasteiger partial charge < -0.3 is 19.5 Å². The fraction of sp³-hybridized carbons (Fsp3) is 0.462. The van der Waals surface area contributed by atoms with Crippen molar-refractivity contribution in [3.05, 3.63) is 34.2 Å². The van der Waals surface area contributed by atoms with E-state index in [2.05, 4.69) is 15.3 Å². The van der Waals surface area contributed by atoms with E-state index in [1.807, 2.05) is 0 Å². The first-order valence-electron chi connectivity index (χ1n) is 6.48. The van der Waals surface area contributed by atoms with Crippen LogP contribution < -0.4 is 14.8 Å². The van der Waals surface area contributed by atoms with Gasteiger partial charge in [-0.3, -0.25) is 0 Å². The van der Waals surface area contributed by atoms with Gasteiger partial charge in [-0.05, 0) is 36.2 Å². The molecule has 0 saturated heterocycles. The lowest BCUT2D eigenvalue weighted by Gasteiger charge is -2.17. The van der Waals surface area contributed by atoms with E-state index in [1.54, 1.807) is 18.2 Å². The molecule has 112 valence electrons. The second-order valence-electron chi connectivity index (χ2n) is 4.33. The Bertz CT molecular complexity index is 557. The summed E-state index contributed by atoms with van der Waals surface area (Å²) in [6.07, 6.45) is 0.627. The summed E-state index contributed by atoms with van der Waals surface area (Å²) in [5.41, 5.74) is 8.94. The van der Waals surface area contributed by atoms with Crippen LogP contribution in [-0.4, -0.2) is 33.0 Å². The van der Waals surface area contributed by atoms with Gasteiger partial charge in [0, 0.05) is 11.5 Å². The van der Waals surface area contributed by atoms with Crippen molar-refractivity contribution in [1.29, 1.82) is 0 Å². The highest BCUT2D eigenvalue weighted by molar-refractivity contribution is 5.78. The highest BCUT2D eigenvalue weighted by Gasteiger charge is 2.23. The fourth-order valence-corrected chi connectivity index (χ4v) is 1.99. The summed E-state index contributed by atoms with van der Waals surface area (Å²) in [6.45, 7) is 1.08. The van der Waals surface area contributed by atoms with Gasteiger partial charge in [0.25, 0.3) is 0 Å². The molecule has 1 unspecified atom stereocenters. The fourth-order valence-electron chi connectivity index (χ4n) is 1.99. The summed E-state index contributed by atoms with van der Waals surface area (Å²) in [5, 5.41) is 6.52. The Morgan fingerprint density at radius 3 is 3.10 bits per heavy atom. The molecular formula is C13H16N4O4. The first-order chi connectivity index (χ1) is 10.3. The average Bonchev–Trinajstić information content (AvgIpc) is 2.97. The molecule has 1 aromatic carbocycles. The molecule has 0 aromatic heterocycles. The monoisotopic (exact) mass is 292 g/mol. The zero-order chi connectivity index (χ0) is 15.1. The SMILES string of the molecule is COC(=O)C(NCCCN=[N+]=[N-])c1ccc2c(c1)OCO2. The van der Waals surface area contributed by atoms with E-state index in [9.17, 15) is 4.79 Å². The van der Waals surface area contributed by atoms with Crippen LogP contribution in [0.1, 0.15) is 18.0 Å². The molecule has 0 saturated carbocycles. The Kier molecular flexibility index (Phi) is 5.25. The number of nitrogens with zero attached hydrogens (tertiary/aromatic N) is 3. The molecular weight excluding hydrogens is 276 g/mol. The Hall–Kier alpha value is -2.44. The van der Waals surface area contributed by atoms with Crippen LogP contribution in [0.3, 0.4) is 0 Å². The van der Waals surface area contributed by atoms with E-state index < -0.39 is 12.0 Å². The Morgan fingerprint density at radius 2 is 2.33 bits per heavy atom. The van der Waals surface area contributed by atoms with Gasteiger partial charge in [0.2, 0.25) is 6.79 Å². The number of azide groups is 1. The molecule has 2 rings (SSSR count). The number of rotatable bonds is 7. The summed E-state index contributed by atoms with van der Waals surface area (Å²) in [7, 11) is 1.34. The third kappa shape index (κ3) is 3.77. The predicted molar refractivity (Wildman–Crippen MR) is 74.0 cm³/mol. The smallest absolute Gasteiger partial charge is 0.327 e. The number of benzene rings is 1. The maximum Gasteiger partial charge on any atom is 0.327 e. The zero-order valence-electron chi connectivity index (χ0n) is 11.6. The van der Waals surface area contributed by atoms with E-state index in [4.69, 9.17) is 19.7 Å². The van der Waals surface area contributed by atoms with Gasteiger partial charge in [-0.2, -0.15) is 0 Å². The van der Waals surface area contributed by atoms with E-state index in [0.717, 1.165) is 5.56 Å². The van der Waals surface area contributed by atoms with Crippen molar-refractivity contribution in [3.63, 3.8) is 0 Å². The van der Waals surface area contributed by atoms with Crippen molar-refractivity contribution < 1.29 is 19.0 Å². The molecule has 21 heavy (non-hydrogen) atoms. The summed E-state index contributed by atoms with van der Waals surface area (Å²) >= 11 is 0. The molecule has 0 amide bonds. The van der Waals surface area contributed by atoms with Crippen molar-refractivity contribution in [2.75, 3.05) is 27.0 Å². The van der Waals surface area contributed by atoms with E-state index in [-0.39, 0.29) is 6.79 Å². The van der Waals surface area contributed by atoms with Gasteiger partial charge >= 0.3 is 5.97 Å². The van der Waals surface area contributed by atoms with Gasteiger partial charge in [-0.15, -0.1) is 0 Å². The van der Waals surface area contributed by atoms with Crippen LogP contribution in [0.15, 0.2) is 23.3 Å². The van der Waals surface area contributed by atoms with Crippen molar-refractivity contribution in [2.45, 2.75) is 12.5 Å². The average molecular weight is 292 g/mol. The molecule has 0 spiro atoms. The third-order valence-electron chi connectivity index (χ3n) is 3.01. The van der Waals surface area contributed by atoms with Crippen molar-refractivity contribution in [1.82, 2.24) is 5.32 Å². The molecule has 1 atom stereocenters. The molecule has 0 fully saturated rings. The minimum Gasteiger partial charge on any atom is -0.468 e. The third-order valence-corrected chi connectivity index (χ3v) is 3.01. The predicted octanol–water partition coefficient (Wildman–Crippen LogP) is 1.92. The number of fused-ring (bicyclic) bond motifs is 1. The number of nitrogens with one attached hydrogen (secondary N) is 1. The van der Waals surface area contributed by atoms with Crippen LogP contribution >= 0.6 is 0 Å². The van der Waals surface area contributed by atoms with E-state index in [1.165, 1.54) is 7.11 Å². The Labute approximate surface area is 121 Å². The van der Waals surface area contributed by atoms with Crippen molar-refractivity contribution >= 4 is 5.97 Å².